The molecule has 2 rings (SSSR count). The molecular formula is C23H29N3O3S. The number of carbonyl (C=O) groups is 2. The minimum absolute atomic E-state index is 0.0183. The van der Waals surface area contributed by atoms with Gasteiger partial charge in [0.25, 0.3) is 5.91 Å². The molecule has 0 saturated carbocycles. The lowest BCUT2D eigenvalue weighted by molar-refractivity contribution is -0.116. The molecule has 0 heterocycles. The summed E-state index contributed by atoms with van der Waals surface area (Å²) in [6, 6.07) is 14.2. The number of rotatable bonds is 9. The molecule has 2 aromatic rings. The largest absolute Gasteiger partial charge is 0.493 e. The lowest BCUT2D eigenvalue weighted by Gasteiger charge is -2.14. The van der Waals surface area contributed by atoms with E-state index in [-0.39, 0.29) is 16.9 Å². The molecular weight excluding hydrogens is 398 g/mol. The van der Waals surface area contributed by atoms with Crippen molar-refractivity contribution >= 4 is 40.5 Å². The van der Waals surface area contributed by atoms with Crippen LogP contribution in [0.25, 0.3) is 0 Å². The Hall–Kier alpha value is -2.93. The number of anilines is 2. The Kier molecular flexibility index (Phi) is 9.28. The lowest BCUT2D eigenvalue weighted by Crippen LogP contribution is -2.34. The first-order chi connectivity index (χ1) is 14.4. The minimum Gasteiger partial charge on any atom is -0.493 e. The number of para-hydroxylation sites is 1. The Morgan fingerprint density at radius 1 is 1.00 bits per heavy atom. The summed E-state index contributed by atoms with van der Waals surface area (Å²) in [6.07, 6.45) is 2.19. The van der Waals surface area contributed by atoms with Crippen molar-refractivity contribution in [3.63, 3.8) is 0 Å². The van der Waals surface area contributed by atoms with Crippen LogP contribution in [0.2, 0.25) is 0 Å². The highest BCUT2D eigenvalue weighted by Gasteiger charge is 2.14. The van der Waals surface area contributed by atoms with Gasteiger partial charge in [0.1, 0.15) is 5.75 Å². The van der Waals surface area contributed by atoms with Crippen molar-refractivity contribution in [3.8, 4) is 5.75 Å². The first-order valence-corrected chi connectivity index (χ1v) is 10.5. The van der Waals surface area contributed by atoms with Crippen LogP contribution in [0.15, 0.2) is 48.5 Å². The maximum atomic E-state index is 12.6. The summed E-state index contributed by atoms with van der Waals surface area (Å²) in [7, 11) is 0. The van der Waals surface area contributed by atoms with E-state index in [1.807, 2.05) is 13.0 Å². The van der Waals surface area contributed by atoms with Gasteiger partial charge in [-0.2, -0.15) is 0 Å². The summed E-state index contributed by atoms with van der Waals surface area (Å²) in [4.78, 5) is 24.3. The van der Waals surface area contributed by atoms with Gasteiger partial charge in [-0.15, -0.1) is 0 Å². The SMILES string of the molecule is CCCC(=O)Nc1ccc(NC(=S)NC(=O)c2ccccc2OCCC(C)C)cc1. The van der Waals surface area contributed by atoms with Crippen LogP contribution in [0.3, 0.4) is 0 Å². The molecule has 0 aliphatic heterocycles. The van der Waals surface area contributed by atoms with Gasteiger partial charge in [-0.25, -0.2) is 0 Å². The Balaban J connectivity index is 1.92. The average molecular weight is 428 g/mol. The van der Waals surface area contributed by atoms with Crippen LogP contribution in [0.5, 0.6) is 5.75 Å². The van der Waals surface area contributed by atoms with E-state index in [1.165, 1.54) is 0 Å². The Bertz CT molecular complexity index is 866. The van der Waals surface area contributed by atoms with Crippen molar-refractivity contribution in [2.45, 2.75) is 40.0 Å². The molecule has 0 radical (unpaired) electrons. The molecule has 0 aliphatic rings. The summed E-state index contributed by atoms with van der Waals surface area (Å²) in [5.74, 6) is 0.700. The third kappa shape index (κ3) is 7.83. The Labute approximate surface area is 183 Å². The maximum Gasteiger partial charge on any atom is 0.261 e. The van der Waals surface area contributed by atoms with Gasteiger partial charge in [-0.05, 0) is 67.4 Å². The smallest absolute Gasteiger partial charge is 0.261 e. The van der Waals surface area contributed by atoms with E-state index in [9.17, 15) is 9.59 Å². The first kappa shape index (κ1) is 23.3. The summed E-state index contributed by atoms with van der Waals surface area (Å²) >= 11 is 5.26. The van der Waals surface area contributed by atoms with Crippen LogP contribution >= 0.6 is 12.2 Å². The molecule has 2 amide bonds. The average Bonchev–Trinajstić information content (AvgIpc) is 2.69. The zero-order chi connectivity index (χ0) is 21.9. The number of amides is 2. The predicted octanol–water partition coefficient (Wildman–Crippen LogP) is 4.98. The number of nitrogens with one attached hydrogen (secondary N) is 3. The van der Waals surface area contributed by atoms with Crippen molar-refractivity contribution in [3.05, 3.63) is 54.1 Å². The molecule has 160 valence electrons. The van der Waals surface area contributed by atoms with Gasteiger partial charge in [-0.1, -0.05) is 32.9 Å². The number of benzene rings is 2. The topological polar surface area (TPSA) is 79.5 Å². The molecule has 0 saturated heterocycles. The van der Waals surface area contributed by atoms with E-state index in [2.05, 4.69) is 29.8 Å². The highest BCUT2D eigenvalue weighted by Crippen LogP contribution is 2.19. The second-order valence-corrected chi connectivity index (χ2v) is 7.72. The quantitative estimate of drug-likeness (QED) is 0.492. The van der Waals surface area contributed by atoms with Crippen LogP contribution in [0.4, 0.5) is 11.4 Å². The third-order valence-electron chi connectivity index (χ3n) is 4.22. The van der Waals surface area contributed by atoms with E-state index >= 15 is 0 Å². The number of carbonyl (C=O) groups excluding carboxylic acids is 2. The number of hydrogen-bond acceptors (Lipinski definition) is 4. The van der Waals surface area contributed by atoms with Crippen molar-refractivity contribution < 1.29 is 14.3 Å². The van der Waals surface area contributed by atoms with Crippen LogP contribution in [-0.2, 0) is 4.79 Å². The standard InChI is InChI=1S/C23H29N3O3S/c1-4-7-21(27)24-17-10-12-18(13-11-17)25-23(30)26-22(28)19-8-5-6-9-20(19)29-15-14-16(2)3/h5-6,8-13,16H,4,7,14-15H2,1-3H3,(H,24,27)(H2,25,26,28,30). The number of thiocarbonyl (C=S) groups is 1. The minimum atomic E-state index is -0.337. The van der Waals surface area contributed by atoms with Crippen molar-refractivity contribution in [2.75, 3.05) is 17.2 Å². The van der Waals surface area contributed by atoms with Gasteiger partial charge in [0.2, 0.25) is 5.91 Å². The normalized spacial score (nSPS) is 10.4. The third-order valence-corrected chi connectivity index (χ3v) is 4.42. The molecule has 7 heteroatoms. The van der Waals surface area contributed by atoms with E-state index in [4.69, 9.17) is 17.0 Å². The van der Waals surface area contributed by atoms with Crippen molar-refractivity contribution in [1.29, 1.82) is 0 Å². The zero-order valence-electron chi connectivity index (χ0n) is 17.7. The molecule has 0 aliphatic carbocycles. The Morgan fingerprint density at radius 2 is 1.63 bits per heavy atom. The lowest BCUT2D eigenvalue weighted by atomic mass is 10.1. The predicted molar refractivity (Wildman–Crippen MR) is 125 cm³/mol. The van der Waals surface area contributed by atoms with Crippen molar-refractivity contribution in [1.82, 2.24) is 5.32 Å². The van der Waals surface area contributed by atoms with Gasteiger partial charge in [0, 0.05) is 17.8 Å². The van der Waals surface area contributed by atoms with Crippen LogP contribution in [-0.4, -0.2) is 23.5 Å². The van der Waals surface area contributed by atoms with Crippen molar-refractivity contribution in [2.24, 2.45) is 5.92 Å². The summed E-state index contributed by atoms with van der Waals surface area (Å²) < 4.78 is 5.77. The van der Waals surface area contributed by atoms with E-state index in [0.717, 1.165) is 12.8 Å². The van der Waals surface area contributed by atoms with E-state index in [0.29, 0.717) is 41.6 Å². The second-order valence-electron chi connectivity index (χ2n) is 7.31. The van der Waals surface area contributed by atoms with E-state index < -0.39 is 0 Å². The molecule has 3 N–H and O–H groups in total. The monoisotopic (exact) mass is 427 g/mol. The second kappa shape index (κ2) is 11.9. The van der Waals surface area contributed by atoms with Gasteiger partial charge in [0.05, 0.1) is 12.2 Å². The van der Waals surface area contributed by atoms with Gasteiger partial charge >= 0.3 is 0 Å². The molecule has 0 spiro atoms. The number of hydrogen-bond donors (Lipinski definition) is 3. The number of ether oxygens (including phenoxy) is 1. The van der Waals surface area contributed by atoms with Crippen LogP contribution < -0.4 is 20.7 Å². The molecule has 0 bridgehead atoms. The van der Waals surface area contributed by atoms with Gasteiger partial charge in [-0.3, -0.25) is 14.9 Å². The summed E-state index contributed by atoms with van der Waals surface area (Å²) in [6.45, 7) is 6.75. The first-order valence-electron chi connectivity index (χ1n) is 10.1. The molecule has 2 aromatic carbocycles. The van der Waals surface area contributed by atoms with E-state index in [1.54, 1.807) is 42.5 Å². The summed E-state index contributed by atoms with van der Waals surface area (Å²) in [5.41, 5.74) is 1.84. The summed E-state index contributed by atoms with van der Waals surface area (Å²) in [5, 5.41) is 8.66. The molecule has 0 atom stereocenters. The highest BCUT2D eigenvalue weighted by atomic mass is 32.1. The van der Waals surface area contributed by atoms with Gasteiger partial charge < -0.3 is 15.4 Å². The zero-order valence-corrected chi connectivity index (χ0v) is 18.5. The fourth-order valence-electron chi connectivity index (χ4n) is 2.60. The molecule has 30 heavy (non-hydrogen) atoms. The molecule has 0 aromatic heterocycles. The van der Waals surface area contributed by atoms with Gasteiger partial charge in [0.15, 0.2) is 5.11 Å². The molecule has 0 fully saturated rings. The van der Waals surface area contributed by atoms with Crippen LogP contribution in [0.1, 0.15) is 50.4 Å². The molecule has 6 nitrogen and oxygen atoms in total. The fourth-order valence-corrected chi connectivity index (χ4v) is 2.82. The molecule has 0 unspecified atom stereocenters. The maximum absolute atomic E-state index is 12.6. The Morgan fingerprint density at radius 3 is 2.27 bits per heavy atom. The van der Waals surface area contributed by atoms with Crippen LogP contribution in [0, 0.1) is 5.92 Å². The highest BCUT2D eigenvalue weighted by molar-refractivity contribution is 7.80. The fraction of sp³-hybridized carbons (Fsp3) is 0.348.